The Morgan fingerprint density at radius 1 is 1.21 bits per heavy atom. The molecule has 2 aromatic rings. The van der Waals surface area contributed by atoms with Gasteiger partial charge in [0.2, 0.25) is 0 Å². The SMILES string of the molecule is CCOc1cc([N+](=O)[O-])c(OCC)cc1NC(=O)c1ccccn1. The van der Waals surface area contributed by atoms with Crippen LogP contribution >= 0.6 is 0 Å². The number of nitro groups is 1. The second kappa shape index (κ2) is 7.91. The van der Waals surface area contributed by atoms with Crippen LogP contribution in [-0.4, -0.2) is 29.0 Å². The molecule has 8 heteroatoms. The normalized spacial score (nSPS) is 10.1. The Kier molecular flexibility index (Phi) is 5.67. The molecule has 0 aliphatic heterocycles. The molecule has 1 aromatic carbocycles. The average molecular weight is 331 g/mol. The number of hydrogen-bond acceptors (Lipinski definition) is 6. The van der Waals surface area contributed by atoms with Gasteiger partial charge < -0.3 is 14.8 Å². The second-order valence-electron chi connectivity index (χ2n) is 4.61. The highest BCUT2D eigenvalue weighted by Gasteiger charge is 2.22. The number of amides is 1. The van der Waals surface area contributed by atoms with Crippen LogP contribution in [0.1, 0.15) is 24.3 Å². The first-order valence-electron chi connectivity index (χ1n) is 7.37. The Morgan fingerprint density at radius 2 is 1.92 bits per heavy atom. The maximum Gasteiger partial charge on any atom is 0.314 e. The molecule has 0 fully saturated rings. The van der Waals surface area contributed by atoms with Crippen LogP contribution in [0.3, 0.4) is 0 Å². The first-order valence-corrected chi connectivity index (χ1v) is 7.37. The van der Waals surface area contributed by atoms with E-state index in [9.17, 15) is 14.9 Å². The van der Waals surface area contributed by atoms with E-state index in [1.807, 2.05) is 0 Å². The van der Waals surface area contributed by atoms with E-state index in [0.29, 0.717) is 0 Å². The van der Waals surface area contributed by atoms with E-state index >= 15 is 0 Å². The van der Waals surface area contributed by atoms with Gasteiger partial charge in [0.15, 0.2) is 5.75 Å². The number of carbonyl (C=O) groups is 1. The summed E-state index contributed by atoms with van der Waals surface area (Å²) in [7, 11) is 0. The number of anilines is 1. The lowest BCUT2D eigenvalue weighted by atomic mass is 10.2. The van der Waals surface area contributed by atoms with Crippen LogP contribution < -0.4 is 14.8 Å². The van der Waals surface area contributed by atoms with Crippen LogP contribution in [0.25, 0.3) is 0 Å². The van der Waals surface area contributed by atoms with Crippen LogP contribution in [-0.2, 0) is 0 Å². The molecular weight excluding hydrogens is 314 g/mol. The number of nitro benzene ring substituents is 1. The lowest BCUT2D eigenvalue weighted by Gasteiger charge is -2.13. The van der Waals surface area contributed by atoms with Gasteiger partial charge in [0.05, 0.1) is 29.9 Å². The van der Waals surface area contributed by atoms with E-state index in [2.05, 4.69) is 10.3 Å². The first kappa shape index (κ1) is 17.2. The molecule has 8 nitrogen and oxygen atoms in total. The molecule has 1 heterocycles. The lowest BCUT2D eigenvalue weighted by molar-refractivity contribution is -0.385. The fourth-order valence-corrected chi connectivity index (χ4v) is 2.02. The molecule has 0 spiro atoms. The molecule has 2 rings (SSSR count). The molecule has 0 aliphatic carbocycles. The molecular formula is C16H17N3O5. The van der Waals surface area contributed by atoms with Crippen molar-refractivity contribution in [3.8, 4) is 11.5 Å². The second-order valence-corrected chi connectivity index (χ2v) is 4.61. The quantitative estimate of drug-likeness (QED) is 0.618. The van der Waals surface area contributed by atoms with Gasteiger partial charge in [0.25, 0.3) is 5.91 Å². The third kappa shape index (κ3) is 3.97. The zero-order chi connectivity index (χ0) is 17.5. The fourth-order valence-electron chi connectivity index (χ4n) is 2.02. The Bertz CT molecular complexity index is 734. The smallest absolute Gasteiger partial charge is 0.314 e. The van der Waals surface area contributed by atoms with Crippen LogP contribution in [0.5, 0.6) is 11.5 Å². The summed E-state index contributed by atoms with van der Waals surface area (Å²) in [6.07, 6.45) is 1.50. The number of rotatable bonds is 7. The van der Waals surface area contributed by atoms with E-state index in [0.717, 1.165) is 0 Å². The molecule has 0 atom stereocenters. The summed E-state index contributed by atoms with van der Waals surface area (Å²) in [6.45, 7) is 4.00. The maximum atomic E-state index is 12.3. The highest BCUT2D eigenvalue weighted by molar-refractivity contribution is 6.04. The minimum atomic E-state index is -0.558. The number of hydrogen-bond donors (Lipinski definition) is 1. The molecule has 0 radical (unpaired) electrons. The Balaban J connectivity index is 2.41. The highest BCUT2D eigenvalue weighted by atomic mass is 16.6. The standard InChI is InChI=1S/C16H17N3O5/c1-3-23-14-10-13(19(21)22)15(24-4-2)9-12(14)18-16(20)11-7-5-6-8-17-11/h5-10H,3-4H2,1-2H3,(H,18,20). The van der Waals surface area contributed by atoms with Crippen LogP contribution in [0.4, 0.5) is 11.4 Å². The summed E-state index contributed by atoms with van der Waals surface area (Å²) in [5.41, 5.74) is 0.272. The van der Waals surface area contributed by atoms with Crippen LogP contribution in [0.2, 0.25) is 0 Å². The van der Waals surface area contributed by atoms with E-state index in [4.69, 9.17) is 9.47 Å². The van der Waals surface area contributed by atoms with Gasteiger partial charge in [-0.05, 0) is 26.0 Å². The van der Waals surface area contributed by atoms with Crippen molar-refractivity contribution in [3.63, 3.8) is 0 Å². The Labute approximate surface area is 138 Å². The van der Waals surface area contributed by atoms with Crippen LogP contribution in [0, 0.1) is 10.1 Å². The third-order valence-corrected chi connectivity index (χ3v) is 3.00. The van der Waals surface area contributed by atoms with E-state index in [1.165, 1.54) is 18.3 Å². The Morgan fingerprint density at radius 3 is 2.50 bits per heavy atom. The number of aromatic nitrogens is 1. The largest absolute Gasteiger partial charge is 0.491 e. The molecule has 1 aromatic heterocycles. The number of benzene rings is 1. The maximum absolute atomic E-state index is 12.3. The average Bonchev–Trinajstić information content (AvgIpc) is 2.58. The summed E-state index contributed by atoms with van der Waals surface area (Å²) >= 11 is 0. The van der Waals surface area contributed by atoms with Gasteiger partial charge in [-0.2, -0.15) is 0 Å². The summed E-state index contributed by atoms with van der Waals surface area (Å²) in [6, 6.07) is 7.56. The fraction of sp³-hybridized carbons (Fsp3) is 0.250. The van der Waals surface area contributed by atoms with Crippen molar-refractivity contribution in [2.45, 2.75) is 13.8 Å². The summed E-state index contributed by atoms with van der Waals surface area (Å²) in [4.78, 5) is 26.8. The van der Waals surface area contributed by atoms with Gasteiger partial charge in [0.1, 0.15) is 11.4 Å². The van der Waals surface area contributed by atoms with Crippen molar-refractivity contribution in [3.05, 3.63) is 52.3 Å². The van der Waals surface area contributed by atoms with Gasteiger partial charge in [-0.3, -0.25) is 19.9 Å². The predicted octanol–water partition coefficient (Wildman–Crippen LogP) is 3.04. The predicted molar refractivity (Wildman–Crippen MR) is 87.6 cm³/mol. The van der Waals surface area contributed by atoms with Crippen molar-refractivity contribution in [2.24, 2.45) is 0 Å². The molecule has 0 aliphatic rings. The number of pyridine rings is 1. The molecule has 126 valence electrons. The Hall–Kier alpha value is -3.16. The highest BCUT2D eigenvalue weighted by Crippen LogP contribution is 2.38. The van der Waals surface area contributed by atoms with Gasteiger partial charge in [-0.15, -0.1) is 0 Å². The van der Waals surface area contributed by atoms with Gasteiger partial charge in [-0.1, -0.05) is 6.07 Å². The molecule has 0 unspecified atom stereocenters. The van der Waals surface area contributed by atoms with Crippen molar-refractivity contribution < 1.29 is 19.2 Å². The molecule has 0 saturated carbocycles. The molecule has 1 amide bonds. The number of nitrogens with zero attached hydrogens (tertiary/aromatic N) is 2. The van der Waals surface area contributed by atoms with Crippen LogP contribution in [0.15, 0.2) is 36.5 Å². The number of nitrogens with one attached hydrogen (secondary N) is 1. The molecule has 0 bridgehead atoms. The van der Waals surface area contributed by atoms with Crippen molar-refractivity contribution in [2.75, 3.05) is 18.5 Å². The third-order valence-electron chi connectivity index (χ3n) is 3.00. The monoisotopic (exact) mass is 331 g/mol. The van der Waals surface area contributed by atoms with Gasteiger partial charge >= 0.3 is 5.69 Å². The summed E-state index contributed by atoms with van der Waals surface area (Å²) < 4.78 is 10.7. The number of ether oxygens (including phenoxy) is 2. The summed E-state index contributed by atoms with van der Waals surface area (Å²) in [5.74, 6) is -0.202. The number of carbonyl (C=O) groups excluding carboxylic acids is 1. The minimum Gasteiger partial charge on any atom is -0.491 e. The van der Waals surface area contributed by atoms with E-state index in [-0.39, 0.29) is 41.8 Å². The molecule has 24 heavy (non-hydrogen) atoms. The molecule has 0 saturated heterocycles. The minimum absolute atomic E-state index is 0.0577. The lowest BCUT2D eigenvalue weighted by Crippen LogP contribution is -2.14. The zero-order valence-corrected chi connectivity index (χ0v) is 13.3. The topological polar surface area (TPSA) is 104 Å². The molecule has 1 N–H and O–H groups in total. The van der Waals surface area contributed by atoms with Crippen molar-refractivity contribution in [1.82, 2.24) is 4.98 Å². The van der Waals surface area contributed by atoms with E-state index in [1.54, 1.807) is 32.0 Å². The van der Waals surface area contributed by atoms with Gasteiger partial charge in [-0.25, -0.2) is 0 Å². The zero-order valence-electron chi connectivity index (χ0n) is 13.3. The summed E-state index contributed by atoms with van der Waals surface area (Å²) in [5, 5.41) is 13.8. The van der Waals surface area contributed by atoms with E-state index < -0.39 is 10.8 Å². The van der Waals surface area contributed by atoms with Crippen molar-refractivity contribution in [1.29, 1.82) is 0 Å². The first-order chi connectivity index (χ1) is 11.6. The van der Waals surface area contributed by atoms with Crippen molar-refractivity contribution >= 4 is 17.3 Å². The van der Waals surface area contributed by atoms with Gasteiger partial charge in [0, 0.05) is 12.3 Å².